The molecule has 2 heterocycles. The molecule has 0 aromatic heterocycles. The maximum absolute atomic E-state index is 13.2. The van der Waals surface area contributed by atoms with Crippen molar-refractivity contribution in [1.82, 2.24) is 5.32 Å². The summed E-state index contributed by atoms with van der Waals surface area (Å²) in [5.74, 6) is -0.242. The van der Waals surface area contributed by atoms with Crippen LogP contribution in [0.1, 0.15) is 232 Å². The molecule has 2 aliphatic rings. The van der Waals surface area contributed by atoms with E-state index in [1.165, 1.54) is 154 Å². The number of aliphatic hydroxyl groups is 8. The fourth-order valence-corrected chi connectivity index (χ4v) is 9.65. The Labute approximate surface area is 448 Å². The number of aliphatic hydroxyl groups excluding tert-OH is 8. The molecule has 74 heavy (non-hydrogen) atoms. The third-order valence-electron chi connectivity index (χ3n) is 14.5. The highest BCUT2D eigenvalue weighted by Gasteiger charge is 2.51. The van der Waals surface area contributed by atoms with E-state index < -0.39 is 86.8 Å². The molecule has 0 aromatic rings. The molecule has 432 valence electrons. The van der Waals surface area contributed by atoms with Crippen LogP contribution in [0.3, 0.4) is 0 Å². The number of carbonyl (C=O) groups is 1. The Kier molecular flexibility index (Phi) is 42.2. The van der Waals surface area contributed by atoms with E-state index in [-0.39, 0.29) is 18.9 Å². The van der Waals surface area contributed by atoms with E-state index in [0.717, 1.165) is 51.4 Å². The van der Waals surface area contributed by atoms with Gasteiger partial charge in [-0.25, -0.2) is 0 Å². The van der Waals surface area contributed by atoms with Crippen LogP contribution >= 0.6 is 0 Å². The number of hydrogen-bond donors (Lipinski definition) is 9. The Morgan fingerprint density at radius 1 is 0.486 bits per heavy atom. The highest BCUT2D eigenvalue weighted by atomic mass is 16.7. The average molecular weight is 1050 g/mol. The van der Waals surface area contributed by atoms with Crippen molar-refractivity contribution in [3.63, 3.8) is 0 Å². The molecule has 0 aromatic carbocycles. The number of amides is 1. The molecule has 12 unspecified atom stereocenters. The molecule has 2 saturated heterocycles. The standard InChI is InChI=1S/C60H109NO13/c1-3-5-7-9-11-13-15-16-17-18-19-20-21-22-23-24-25-26-27-28-29-30-31-32-34-36-38-40-42-44-52(65)61-48(49(64)43-41-39-37-35-33-14-12-10-8-6-4-2)47-71-59-57(70)55(68)58(51(46-63)73-59)74-60-56(69)54(67)53(66)50(45-62)72-60/h15-16,18-19,21-22,41,43,48-51,53-60,62-64,66-70H,3-14,17,20,23-40,42,44-47H2,1-2H3,(H,61,65)/b16-15-,19-18-,22-21-,43-41+. The first-order valence-corrected chi connectivity index (χ1v) is 29.9. The van der Waals surface area contributed by atoms with Gasteiger partial charge in [0.2, 0.25) is 5.91 Å². The zero-order valence-corrected chi connectivity index (χ0v) is 46.3. The molecule has 0 bridgehead atoms. The van der Waals surface area contributed by atoms with Gasteiger partial charge in [0, 0.05) is 6.42 Å². The summed E-state index contributed by atoms with van der Waals surface area (Å²) in [7, 11) is 0. The number of unbranched alkanes of at least 4 members (excludes halogenated alkanes) is 28. The van der Waals surface area contributed by atoms with E-state index in [1.54, 1.807) is 6.08 Å². The van der Waals surface area contributed by atoms with Gasteiger partial charge >= 0.3 is 0 Å². The van der Waals surface area contributed by atoms with Crippen molar-refractivity contribution in [1.29, 1.82) is 0 Å². The van der Waals surface area contributed by atoms with Crippen LogP contribution in [0, 0.1) is 0 Å². The van der Waals surface area contributed by atoms with Crippen LogP contribution in [-0.4, -0.2) is 140 Å². The van der Waals surface area contributed by atoms with E-state index in [9.17, 15) is 45.6 Å². The molecule has 14 nitrogen and oxygen atoms in total. The number of rotatable bonds is 47. The minimum absolute atomic E-state index is 0.242. The molecular weight excluding hydrogens is 943 g/mol. The summed E-state index contributed by atoms with van der Waals surface area (Å²) in [6.45, 7) is 2.77. The van der Waals surface area contributed by atoms with Crippen LogP contribution in [0.15, 0.2) is 48.6 Å². The molecule has 0 saturated carbocycles. The van der Waals surface area contributed by atoms with Crippen LogP contribution in [0.2, 0.25) is 0 Å². The molecule has 2 rings (SSSR count). The minimum atomic E-state index is -1.79. The average Bonchev–Trinajstić information content (AvgIpc) is 3.40. The summed E-state index contributed by atoms with van der Waals surface area (Å²) in [6, 6.07) is -0.914. The third-order valence-corrected chi connectivity index (χ3v) is 14.5. The zero-order valence-electron chi connectivity index (χ0n) is 46.3. The predicted octanol–water partition coefficient (Wildman–Crippen LogP) is 10.0. The molecule has 14 heteroatoms. The van der Waals surface area contributed by atoms with E-state index in [1.807, 2.05) is 6.08 Å². The van der Waals surface area contributed by atoms with E-state index in [4.69, 9.17) is 18.9 Å². The smallest absolute Gasteiger partial charge is 0.220 e. The quantitative estimate of drug-likeness (QED) is 0.0205. The second-order valence-corrected chi connectivity index (χ2v) is 21.1. The van der Waals surface area contributed by atoms with Crippen molar-refractivity contribution in [2.45, 2.75) is 306 Å². The van der Waals surface area contributed by atoms with Crippen LogP contribution < -0.4 is 5.32 Å². The van der Waals surface area contributed by atoms with Gasteiger partial charge in [-0.2, -0.15) is 0 Å². The largest absolute Gasteiger partial charge is 0.394 e. The second kappa shape index (κ2) is 45.9. The normalized spacial score (nSPS) is 25.5. The first-order chi connectivity index (χ1) is 36.1. The third kappa shape index (κ3) is 31.4. The number of allylic oxidation sites excluding steroid dienone is 7. The van der Waals surface area contributed by atoms with Crippen LogP contribution in [0.4, 0.5) is 0 Å². The number of hydrogen-bond acceptors (Lipinski definition) is 13. The molecular formula is C60H109NO13. The lowest BCUT2D eigenvalue weighted by Gasteiger charge is -2.46. The topological polar surface area (TPSA) is 228 Å². The maximum atomic E-state index is 13.2. The van der Waals surface area contributed by atoms with Crippen molar-refractivity contribution >= 4 is 5.91 Å². The molecule has 0 aliphatic carbocycles. The summed E-state index contributed by atoms with van der Waals surface area (Å²) in [5.41, 5.74) is 0. The lowest BCUT2D eigenvalue weighted by Crippen LogP contribution is -2.65. The Bertz CT molecular complexity index is 1430. The van der Waals surface area contributed by atoms with Gasteiger partial charge in [-0.1, -0.05) is 217 Å². The number of ether oxygens (including phenoxy) is 4. The summed E-state index contributed by atoms with van der Waals surface area (Å²) >= 11 is 0. The van der Waals surface area contributed by atoms with Gasteiger partial charge < -0.3 is 65.1 Å². The highest BCUT2D eigenvalue weighted by molar-refractivity contribution is 5.76. The number of nitrogens with one attached hydrogen (secondary N) is 1. The Hall–Kier alpha value is -2.05. The summed E-state index contributed by atoms with van der Waals surface area (Å²) in [5, 5.41) is 86.9. The van der Waals surface area contributed by atoms with Gasteiger partial charge in [-0.15, -0.1) is 0 Å². The predicted molar refractivity (Wildman–Crippen MR) is 295 cm³/mol. The first kappa shape index (κ1) is 68.1. The Balaban J connectivity index is 1.67. The van der Waals surface area contributed by atoms with Crippen molar-refractivity contribution in [3.8, 4) is 0 Å². The minimum Gasteiger partial charge on any atom is -0.394 e. The highest BCUT2D eigenvalue weighted by Crippen LogP contribution is 2.30. The molecule has 0 radical (unpaired) electrons. The van der Waals surface area contributed by atoms with Gasteiger partial charge in [0.05, 0.1) is 32.0 Å². The van der Waals surface area contributed by atoms with E-state index in [0.29, 0.717) is 6.42 Å². The van der Waals surface area contributed by atoms with Gasteiger partial charge in [0.1, 0.15) is 48.8 Å². The lowest BCUT2D eigenvalue weighted by molar-refractivity contribution is -0.359. The van der Waals surface area contributed by atoms with E-state index >= 15 is 0 Å². The molecule has 12 atom stereocenters. The first-order valence-electron chi connectivity index (χ1n) is 29.9. The lowest BCUT2D eigenvalue weighted by atomic mass is 9.97. The monoisotopic (exact) mass is 1050 g/mol. The van der Waals surface area contributed by atoms with Gasteiger partial charge in [-0.05, 0) is 57.8 Å². The van der Waals surface area contributed by atoms with Crippen molar-refractivity contribution in [2.75, 3.05) is 19.8 Å². The Morgan fingerprint density at radius 2 is 0.892 bits per heavy atom. The van der Waals surface area contributed by atoms with Gasteiger partial charge in [0.15, 0.2) is 12.6 Å². The second-order valence-electron chi connectivity index (χ2n) is 21.1. The summed E-state index contributed by atoms with van der Waals surface area (Å²) in [6.07, 6.45) is 40.2. The van der Waals surface area contributed by atoms with E-state index in [2.05, 4.69) is 55.6 Å². The molecule has 1 amide bonds. The van der Waals surface area contributed by atoms with Crippen LogP contribution in [-0.2, 0) is 23.7 Å². The van der Waals surface area contributed by atoms with Gasteiger partial charge in [-0.3, -0.25) is 4.79 Å². The molecule has 2 fully saturated rings. The molecule has 9 N–H and O–H groups in total. The maximum Gasteiger partial charge on any atom is 0.220 e. The van der Waals surface area contributed by atoms with Crippen LogP contribution in [0.5, 0.6) is 0 Å². The summed E-state index contributed by atoms with van der Waals surface area (Å²) in [4.78, 5) is 13.2. The number of carbonyl (C=O) groups excluding carboxylic acids is 1. The summed E-state index contributed by atoms with van der Waals surface area (Å²) < 4.78 is 22.7. The molecule has 0 spiro atoms. The fourth-order valence-electron chi connectivity index (χ4n) is 9.65. The SMILES string of the molecule is CCCCCCC/C=C\C/C=C\C/C=C\CCCCCCCCCCCCCCCCC(=O)NC(COC1OC(CO)C(OC2OC(CO)C(O)C(O)C2O)C(O)C1O)C(O)/C=C/CCCCCCCCCCC. The zero-order chi connectivity index (χ0) is 53.9. The van der Waals surface area contributed by atoms with Gasteiger partial charge in [0.25, 0.3) is 0 Å². The van der Waals surface area contributed by atoms with Crippen molar-refractivity contribution in [2.24, 2.45) is 0 Å². The van der Waals surface area contributed by atoms with Crippen molar-refractivity contribution in [3.05, 3.63) is 48.6 Å². The molecule has 2 aliphatic heterocycles. The van der Waals surface area contributed by atoms with Crippen LogP contribution in [0.25, 0.3) is 0 Å². The Morgan fingerprint density at radius 3 is 1.36 bits per heavy atom. The fraction of sp³-hybridized carbons (Fsp3) is 0.850. The van der Waals surface area contributed by atoms with Crippen molar-refractivity contribution < 1.29 is 64.6 Å².